The minimum Gasteiger partial charge on any atom is -0.405 e. The summed E-state index contributed by atoms with van der Waals surface area (Å²) in [6.07, 6.45) is -4.93. The number of aliphatic hydroxyl groups is 1. The van der Waals surface area contributed by atoms with Crippen LogP contribution in [0.5, 0.6) is 5.75 Å². The SMILES string of the molecule is CC(O)CN(C(=O)C1CC1c1ccccc1OC(F)(F)F)C(C)C. The summed E-state index contributed by atoms with van der Waals surface area (Å²) in [6.45, 7) is 5.50. The van der Waals surface area contributed by atoms with Crippen LogP contribution in [0.15, 0.2) is 24.3 Å². The summed E-state index contributed by atoms with van der Waals surface area (Å²) in [6, 6.07) is 5.84. The number of carbonyl (C=O) groups is 1. The second-order valence-electron chi connectivity index (χ2n) is 6.47. The topological polar surface area (TPSA) is 49.8 Å². The third-order valence-electron chi connectivity index (χ3n) is 4.02. The molecule has 0 aromatic heterocycles. The maximum absolute atomic E-state index is 12.6. The van der Waals surface area contributed by atoms with Crippen molar-refractivity contribution < 1.29 is 27.8 Å². The van der Waals surface area contributed by atoms with E-state index in [0.717, 1.165) is 0 Å². The zero-order valence-electron chi connectivity index (χ0n) is 13.9. The van der Waals surface area contributed by atoms with Gasteiger partial charge in [-0.3, -0.25) is 4.79 Å². The van der Waals surface area contributed by atoms with Gasteiger partial charge in [0.15, 0.2) is 0 Å². The van der Waals surface area contributed by atoms with Gasteiger partial charge in [-0.25, -0.2) is 0 Å². The molecule has 0 aliphatic heterocycles. The van der Waals surface area contributed by atoms with Crippen molar-refractivity contribution in [1.82, 2.24) is 4.90 Å². The fourth-order valence-corrected chi connectivity index (χ4v) is 2.87. The van der Waals surface area contributed by atoms with Crippen LogP contribution in [-0.2, 0) is 4.79 Å². The first-order chi connectivity index (χ1) is 11.1. The molecule has 0 saturated heterocycles. The first-order valence-corrected chi connectivity index (χ1v) is 7.93. The van der Waals surface area contributed by atoms with E-state index in [2.05, 4.69) is 4.74 Å². The van der Waals surface area contributed by atoms with Gasteiger partial charge < -0.3 is 14.7 Å². The van der Waals surface area contributed by atoms with Crippen LogP contribution in [0.3, 0.4) is 0 Å². The van der Waals surface area contributed by atoms with E-state index in [0.29, 0.717) is 12.0 Å². The van der Waals surface area contributed by atoms with E-state index in [1.807, 2.05) is 13.8 Å². The molecular formula is C17H22F3NO3. The number of para-hydroxylation sites is 1. The lowest BCUT2D eigenvalue weighted by atomic mass is 10.1. The first kappa shape index (κ1) is 18.6. The van der Waals surface area contributed by atoms with Gasteiger partial charge in [0.05, 0.1) is 6.10 Å². The Kier molecular flexibility index (Phi) is 5.42. The Bertz CT molecular complexity index is 587. The average molecular weight is 345 g/mol. The number of aliphatic hydroxyl groups excluding tert-OH is 1. The molecule has 1 aliphatic rings. The maximum atomic E-state index is 12.6. The molecule has 1 N–H and O–H groups in total. The summed E-state index contributed by atoms with van der Waals surface area (Å²) < 4.78 is 41.6. The van der Waals surface area contributed by atoms with Gasteiger partial charge in [0.25, 0.3) is 0 Å². The molecule has 1 aromatic rings. The molecule has 7 heteroatoms. The summed E-state index contributed by atoms with van der Waals surface area (Å²) in [5, 5.41) is 9.54. The van der Waals surface area contributed by atoms with Crippen molar-refractivity contribution in [1.29, 1.82) is 0 Å². The van der Waals surface area contributed by atoms with Gasteiger partial charge in [0, 0.05) is 18.5 Å². The largest absolute Gasteiger partial charge is 0.573 e. The molecule has 4 nitrogen and oxygen atoms in total. The smallest absolute Gasteiger partial charge is 0.405 e. The zero-order valence-corrected chi connectivity index (χ0v) is 13.9. The van der Waals surface area contributed by atoms with Crippen LogP contribution in [0.4, 0.5) is 13.2 Å². The Hall–Kier alpha value is -1.76. The van der Waals surface area contributed by atoms with Crippen LogP contribution in [0.2, 0.25) is 0 Å². The Morgan fingerprint density at radius 1 is 1.33 bits per heavy atom. The number of nitrogens with zero attached hydrogens (tertiary/aromatic N) is 1. The molecule has 0 heterocycles. The number of carbonyl (C=O) groups excluding carboxylic acids is 1. The molecular weight excluding hydrogens is 323 g/mol. The number of hydrogen-bond donors (Lipinski definition) is 1. The summed E-state index contributed by atoms with van der Waals surface area (Å²) in [5.74, 6) is -1.05. The number of amides is 1. The Morgan fingerprint density at radius 3 is 2.50 bits per heavy atom. The van der Waals surface area contributed by atoms with Crippen molar-refractivity contribution in [2.24, 2.45) is 5.92 Å². The molecule has 0 bridgehead atoms. The molecule has 134 valence electrons. The van der Waals surface area contributed by atoms with E-state index in [4.69, 9.17) is 0 Å². The maximum Gasteiger partial charge on any atom is 0.573 e. The summed E-state index contributed by atoms with van der Waals surface area (Å²) >= 11 is 0. The van der Waals surface area contributed by atoms with Gasteiger partial charge in [0.2, 0.25) is 5.91 Å². The fourth-order valence-electron chi connectivity index (χ4n) is 2.87. The minimum atomic E-state index is -4.76. The third-order valence-corrected chi connectivity index (χ3v) is 4.02. The monoisotopic (exact) mass is 345 g/mol. The predicted octanol–water partition coefficient (Wildman–Crippen LogP) is 3.31. The van der Waals surface area contributed by atoms with Crippen LogP contribution < -0.4 is 4.74 Å². The molecule has 1 aliphatic carbocycles. The minimum absolute atomic E-state index is 0.0879. The number of benzene rings is 1. The highest BCUT2D eigenvalue weighted by Gasteiger charge is 2.48. The van der Waals surface area contributed by atoms with Crippen LogP contribution >= 0.6 is 0 Å². The standard InChI is InChI=1S/C17H22F3NO3/c1-10(2)21(9-11(3)22)16(23)14-8-13(14)12-6-4-5-7-15(12)24-17(18,19)20/h4-7,10-11,13-14,22H,8-9H2,1-3H3. The van der Waals surface area contributed by atoms with Gasteiger partial charge >= 0.3 is 6.36 Å². The number of hydrogen-bond acceptors (Lipinski definition) is 3. The lowest BCUT2D eigenvalue weighted by molar-refractivity contribution is -0.274. The molecule has 1 amide bonds. The van der Waals surface area contributed by atoms with Gasteiger partial charge in [-0.2, -0.15) is 0 Å². The van der Waals surface area contributed by atoms with Gasteiger partial charge in [-0.15, -0.1) is 13.2 Å². The van der Waals surface area contributed by atoms with Crippen LogP contribution in [-0.4, -0.2) is 41.0 Å². The van der Waals surface area contributed by atoms with E-state index in [1.54, 1.807) is 24.0 Å². The average Bonchev–Trinajstić information content (AvgIpc) is 3.22. The highest BCUT2D eigenvalue weighted by atomic mass is 19.4. The van der Waals surface area contributed by atoms with Crippen molar-refractivity contribution in [3.63, 3.8) is 0 Å². The van der Waals surface area contributed by atoms with E-state index in [-0.39, 0.29) is 36.1 Å². The molecule has 2 rings (SSSR count). The van der Waals surface area contributed by atoms with Crippen molar-refractivity contribution in [3.8, 4) is 5.75 Å². The number of ether oxygens (including phenoxy) is 1. The highest BCUT2D eigenvalue weighted by molar-refractivity contribution is 5.83. The Morgan fingerprint density at radius 2 is 1.96 bits per heavy atom. The number of rotatable bonds is 6. The van der Waals surface area contributed by atoms with Gasteiger partial charge in [-0.05, 0) is 44.7 Å². The van der Waals surface area contributed by atoms with E-state index in [1.165, 1.54) is 12.1 Å². The lowest BCUT2D eigenvalue weighted by Crippen LogP contribution is -2.42. The Labute approximate surface area is 139 Å². The molecule has 3 unspecified atom stereocenters. The summed E-state index contributed by atoms with van der Waals surface area (Å²) in [4.78, 5) is 14.2. The van der Waals surface area contributed by atoms with Crippen LogP contribution in [0, 0.1) is 5.92 Å². The molecule has 1 aromatic carbocycles. The molecule has 1 fully saturated rings. The van der Waals surface area contributed by atoms with Crippen molar-refractivity contribution >= 4 is 5.91 Å². The second kappa shape index (κ2) is 7.01. The molecule has 24 heavy (non-hydrogen) atoms. The van der Waals surface area contributed by atoms with E-state index >= 15 is 0 Å². The van der Waals surface area contributed by atoms with Crippen molar-refractivity contribution in [2.75, 3.05) is 6.54 Å². The van der Waals surface area contributed by atoms with Crippen LogP contribution in [0.1, 0.15) is 38.7 Å². The fraction of sp³-hybridized carbons (Fsp3) is 0.588. The normalized spacial score (nSPS) is 21.5. The predicted molar refractivity (Wildman–Crippen MR) is 82.5 cm³/mol. The second-order valence-corrected chi connectivity index (χ2v) is 6.47. The highest BCUT2D eigenvalue weighted by Crippen LogP contribution is 2.51. The van der Waals surface area contributed by atoms with Crippen molar-refractivity contribution in [2.45, 2.75) is 51.6 Å². The van der Waals surface area contributed by atoms with Crippen molar-refractivity contribution in [3.05, 3.63) is 29.8 Å². The number of halogens is 3. The number of alkyl halides is 3. The Balaban J connectivity index is 2.13. The zero-order chi connectivity index (χ0) is 18.1. The summed E-state index contributed by atoms with van der Waals surface area (Å²) in [7, 11) is 0. The quantitative estimate of drug-likeness (QED) is 0.861. The van der Waals surface area contributed by atoms with E-state index in [9.17, 15) is 23.1 Å². The van der Waals surface area contributed by atoms with Crippen LogP contribution in [0.25, 0.3) is 0 Å². The lowest BCUT2D eigenvalue weighted by Gasteiger charge is -2.28. The van der Waals surface area contributed by atoms with Gasteiger partial charge in [-0.1, -0.05) is 18.2 Å². The molecule has 0 spiro atoms. The van der Waals surface area contributed by atoms with E-state index < -0.39 is 12.5 Å². The third kappa shape index (κ3) is 4.63. The first-order valence-electron chi connectivity index (χ1n) is 7.93. The molecule has 3 atom stereocenters. The molecule has 1 saturated carbocycles. The summed E-state index contributed by atoms with van der Waals surface area (Å²) in [5.41, 5.74) is 0.397. The molecule has 0 radical (unpaired) electrons. The van der Waals surface area contributed by atoms with Gasteiger partial charge in [0.1, 0.15) is 5.75 Å².